The van der Waals surface area contributed by atoms with Crippen molar-refractivity contribution in [3.05, 3.63) is 12.7 Å². The number of unbranched alkanes of at least 4 members (excludes halogenated alkanes) is 1. The monoisotopic (exact) mass is 480 g/mol. The van der Waals surface area contributed by atoms with Gasteiger partial charge in [0.15, 0.2) is 0 Å². The van der Waals surface area contributed by atoms with E-state index in [2.05, 4.69) is 20.4 Å². The van der Waals surface area contributed by atoms with Gasteiger partial charge in [-0.2, -0.15) is 0 Å². The third-order valence-corrected chi connectivity index (χ3v) is 9.81. The summed E-state index contributed by atoms with van der Waals surface area (Å²) in [4.78, 5) is 44.7. The van der Waals surface area contributed by atoms with E-state index in [0.717, 1.165) is 19.3 Å². The fraction of sp³-hybridized carbons (Fsp3) is 0.800. The van der Waals surface area contributed by atoms with E-state index in [9.17, 15) is 19.5 Å². The quantitative estimate of drug-likeness (QED) is 0.361. The Bertz CT molecular complexity index is 774. The molecule has 3 aliphatic heterocycles. The zero-order chi connectivity index (χ0) is 24.5. The predicted octanol–water partition coefficient (Wildman–Crippen LogP) is 2.72. The van der Waals surface area contributed by atoms with Crippen LogP contribution in [0.3, 0.4) is 0 Å². The molecule has 3 saturated heterocycles. The van der Waals surface area contributed by atoms with Gasteiger partial charge >= 0.3 is 5.97 Å². The highest BCUT2D eigenvalue weighted by molar-refractivity contribution is 8.02. The Labute approximate surface area is 202 Å². The van der Waals surface area contributed by atoms with Crippen molar-refractivity contribution in [1.29, 1.82) is 0 Å². The molecule has 33 heavy (non-hydrogen) atoms. The number of hydrogen-bond donors (Lipinski definition) is 1. The molecule has 7 nitrogen and oxygen atoms in total. The maximum absolute atomic E-state index is 14.2. The average molecular weight is 481 g/mol. The molecule has 1 N–H and O–H groups in total. The number of amides is 2. The third-order valence-electron chi connectivity index (χ3n) is 7.73. The molecule has 1 spiro atoms. The first-order valence-corrected chi connectivity index (χ1v) is 13.3. The Balaban J connectivity index is 2.12. The first-order chi connectivity index (χ1) is 15.7. The summed E-state index contributed by atoms with van der Waals surface area (Å²) in [5.41, 5.74) is 0. The van der Waals surface area contributed by atoms with Gasteiger partial charge in [-0.05, 0) is 31.6 Å². The standard InChI is InChI=1S/C25H40N2O5S/c1-7-10-12-26(11-8-2)23(30)21-25-16(6)13-18(33-25)19(24(31)32-9-3)20(25)22(29)27(21)17(14-28)15(4)5/h8,15-21,28H,2,7,9-14H2,1,3-6H3/t16?,17-,18+,19-,20-,21?,25?/m0/s1. The smallest absolute Gasteiger partial charge is 0.310 e. The summed E-state index contributed by atoms with van der Waals surface area (Å²) in [5.74, 6) is -1.71. The van der Waals surface area contributed by atoms with Crippen LogP contribution in [0.25, 0.3) is 0 Å². The summed E-state index contributed by atoms with van der Waals surface area (Å²) >= 11 is 1.64. The lowest BCUT2D eigenvalue weighted by molar-refractivity contribution is -0.154. The molecule has 2 amide bonds. The molecule has 0 radical (unpaired) electrons. The van der Waals surface area contributed by atoms with Crippen LogP contribution < -0.4 is 0 Å². The number of likely N-dealkylation sites (tertiary alicyclic amines) is 1. The van der Waals surface area contributed by atoms with Crippen LogP contribution in [0.5, 0.6) is 0 Å². The van der Waals surface area contributed by atoms with Crippen molar-refractivity contribution in [2.45, 2.75) is 76.0 Å². The Morgan fingerprint density at radius 3 is 2.64 bits per heavy atom. The maximum atomic E-state index is 14.2. The van der Waals surface area contributed by atoms with Gasteiger partial charge in [-0.25, -0.2) is 0 Å². The van der Waals surface area contributed by atoms with E-state index in [0.29, 0.717) is 13.1 Å². The van der Waals surface area contributed by atoms with Gasteiger partial charge in [0.1, 0.15) is 6.04 Å². The van der Waals surface area contributed by atoms with E-state index < -0.39 is 28.7 Å². The molecule has 3 fully saturated rings. The molecule has 0 aliphatic carbocycles. The lowest BCUT2D eigenvalue weighted by atomic mass is 9.66. The summed E-state index contributed by atoms with van der Waals surface area (Å²) in [6.07, 6.45) is 4.31. The van der Waals surface area contributed by atoms with Crippen molar-refractivity contribution < 1.29 is 24.2 Å². The molecule has 2 bridgehead atoms. The van der Waals surface area contributed by atoms with Crippen LogP contribution in [0.2, 0.25) is 0 Å². The summed E-state index contributed by atoms with van der Waals surface area (Å²) in [6.45, 7) is 14.7. The third kappa shape index (κ3) is 4.11. The fourth-order valence-electron chi connectivity index (χ4n) is 6.19. The second kappa shape index (κ2) is 10.4. The van der Waals surface area contributed by atoms with Gasteiger partial charge in [0.2, 0.25) is 11.8 Å². The number of thioether (sulfide) groups is 1. The molecule has 8 heteroatoms. The largest absolute Gasteiger partial charge is 0.466 e. The van der Waals surface area contributed by atoms with Crippen molar-refractivity contribution in [1.82, 2.24) is 9.80 Å². The van der Waals surface area contributed by atoms with Gasteiger partial charge in [0.05, 0.1) is 35.8 Å². The summed E-state index contributed by atoms with van der Waals surface area (Å²) in [5, 5.41) is 10.3. The lowest BCUT2D eigenvalue weighted by Crippen LogP contribution is -2.60. The first-order valence-electron chi connectivity index (χ1n) is 12.4. The number of carbonyl (C=O) groups is 3. The Kier molecular flexibility index (Phi) is 8.20. The molecular weight excluding hydrogens is 440 g/mol. The minimum Gasteiger partial charge on any atom is -0.466 e. The van der Waals surface area contributed by atoms with Crippen LogP contribution in [0.1, 0.15) is 53.9 Å². The summed E-state index contributed by atoms with van der Waals surface area (Å²) in [7, 11) is 0. The maximum Gasteiger partial charge on any atom is 0.310 e. The number of fused-ring (bicyclic) bond motifs is 1. The van der Waals surface area contributed by atoms with Gasteiger partial charge in [-0.3, -0.25) is 14.4 Å². The number of rotatable bonds is 11. The molecule has 3 heterocycles. The van der Waals surface area contributed by atoms with Gasteiger partial charge in [-0.1, -0.05) is 40.2 Å². The number of ether oxygens (including phenoxy) is 1. The number of nitrogens with zero attached hydrogens (tertiary/aromatic N) is 2. The van der Waals surface area contributed by atoms with Crippen LogP contribution in [0.4, 0.5) is 0 Å². The van der Waals surface area contributed by atoms with Crippen LogP contribution in [-0.2, 0) is 19.1 Å². The normalized spacial score (nSPS) is 33.4. The first kappa shape index (κ1) is 26.1. The van der Waals surface area contributed by atoms with E-state index in [1.165, 1.54) is 0 Å². The molecule has 0 aromatic rings. The van der Waals surface area contributed by atoms with Crippen molar-refractivity contribution in [2.75, 3.05) is 26.3 Å². The molecule has 0 saturated carbocycles. The van der Waals surface area contributed by atoms with Crippen molar-refractivity contribution in [3.8, 4) is 0 Å². The van der Waals surface area contributed by atoms with Gasteiger partial charge in [-0.15, -0.1) is 18.3 Å². The topological polar surface area (TPSA) is 87.2 Å². The molecule has 0 aromatic carbocycles. The molecular formula is C25H40N2O5S. The number of aliphatic hydroxyl groups is 1. The van der Waals surface area contributed by atoms with E-state index in [-0.39, 0.29) is 48.1 Å². The van der Waals surface area contributed by atoms with Crippen molar-refractivity contribution in [3.63, 3.8) is 0 Å². The van der Waals surface area contributed by atoms with Crippen molar-refractivity contribution in [2.24, 2.45) is 23.7 Å². The lowest BCUT2D eigenvalue weighted by Gasteiger charge is -2.42. The highest BCUT2D eigenvalue weighted by Gasteiger charge is 2.77. The molecule has 0 aromatic heterocycles. The Morgan fingerprint density at radius 1 is 1.39 bits per heavy atom. The van der Waals surface area contributed by atoms with E-state index >= 15 is 0 Å². The molecule has 186 valence electrons. The average Bonchev–Trinajstić information content (AvgIpc) is 3.35. The van der Waals surface area contributed by atoms with Gasteiger partial charge in [0, 0.05) is 18.3 Å². The van der Waals surface area contributed by atoms with E-state index in [4.69, 9.17) is 4.74 Å². The highest BCUT2D eigenvalue weighted by atomic mass is 32.2. The number of carbonyl (C=O) groups excluding carboxylic acids is 3. The highest BCUT2D eigenvalue weighted by Crippen LogP contribution is 2.69. The second-order valence-electron chi connectivity index (χ2n) is 9.97. The summed E-state index contributed by atoms with van der Waals surface area (Å²) in [6, 6.07) is -1.20. The predicted molar refractivity (Wildman–Crippen MR) is 130 cm³/mol. The van der Waals surface area contributed by atoms with Crippen molar-refractivity contribution >= 4 is 29.5 Å². The minimum absolute atomic E-state index is 0.0272. The van der Waals surface area contributed by atoms with Gasteiger partial charge in [0.25, 0.3) is 0 Å². The fourth-order valence-corrected chi connectivity index (χ4v) is 8.58. The molecule has 3 aliphatic rings. The zero-order valence-electron chi connectivity index (χ0n) is 20.7. The van der Waals surface area contributed by atoms with Crippen LogP contribution in [0, 0.1) is 23.7 Å². The molecule has 7 atom stereocenters. The summed E-state index contributed by atoms with van der Waals surface area (Å²) < 4.78 is 4.70. The molecule has 3 rings (SSSR count). The molecule has 3 unspecified atom stereocenters. The van der Waals surface area contributed by atoms with Crippen LogP contribution >= 0.6 is 11.8 Å². The Morgan fingerprint density at radius 2 is 2.09 bits per heavy atom. The minimum atomic E-state index is -0.712. The number of hydrogen-bond acceptors (Lipinski definition) is 6. The number of aliphatic hydroxyl groups excluding tert-OH is 1. The van der Waals surface area contributed by atoms with E-state index in [1.54, 1.807) is 34.6 Å². The second-order valence-corrected chi connectivity index (χ2v) is 11.5. The Hall–Kier alpha value is -1.54. The van der Waals surface area contributed by atoms with Gasteiger partial charge < -0.3 is 19.6 Å². The van der Waals surface area contributed by atoms with Crippen LogP contribution in [0.15, 0.2) is 12.7 Å². The SMILES string of the molecule is C=CCN(CCCC)C(=O)C1N([C@@H](CO)C(C)C)C(=O)[C@@H]2[C@@H](C(=O)OCC)[C@H]3CC(C)C12S3. The van der Waals surface area contributed by atoms with E-state index in [1.807, 2.05) is 13.8 Å². The zero-order valence-corrected chi connectivity index (χ0v) is 21.5. The van der Waals surface area contributed by atoms with Crippen LogP contribution in [-0.4, -0.2) is 81.1 Å². The number of esters is 1.